The normalized spacial score (nSPS) is 17.4. The van der Waals surface area contributed by atoms with E-state index in [4.69, 9.17) is 0 Å². The fourth-order valence-electron chi connectivity index (χ4n) is 4.15. The highest BCUT2D eigenvalue weighted by Crippen LogP contribution is 2.29. The summed E-state index contributed by atoms with van der Waals surface area (Å²) >= 11 is 0. The molecule has 8 heteroatoms. The number of hydrogen-bond donors (Lipinski definition) is 3. The number of piperidine rings is 1. The van der Waals surface area contributed by atoms with Gasteiger partial charge >= 0.3 is 5.69 Å². The Morgan fingerprint density at radius 2 is 2.11 bits per heavy atom. The van der Waals surface area contributed by atoms with E-state index in [0.717, 1.165) is 29.4 Å². The Morgan fingerprint density at radius 1 is 1.25 bits per heavy atom. The molecule has 1 saturated heterocycles. The van der Waals surface area contributed by atoms with Crippen LogP contribution < -0.4 is 5.69 Å². The second-order valence-corrected chi connectivity index (χ2v) is 7.12. The van der Waals surface area contributed by atoms with Crippen molar-refractivity contribution in [3.05, 3.63) is 58.8 Å². The predicted molar refractivity (Wildman–Crippen MR) is 104 cm³/mol. The van der Waals surface area contributed by atoms with E-state index in [0.29, 0.717) is 18.6 Å². The van der Waals surface area contributed by atoms with Crippen molar-refractivity contribution in [3.63, 3.8) is 0 Å². The highest BCUT2D eigenvalue weighted by Gasteiger charge is 2.29. The number of pyridine rings is 1. The van der Waals surface area contributed by atoms with Crippen LogP contribution in [0.5, 0.6) is 5.75 Å². The first kappa shape index (κ1) is 16.6. The number of rotatable bonds is 2. The summed E-state index contributed by atoms with van der Waals surface area (Å²) in [4.78, 5) is 37.6. The van der Waals surface area contributed by atoms with E-state index in [1.54, 1.807) is 40.1 Å². The molecule has 0 spiro atoms. The lowest BCUT2D eigenvalue weighted by Crippen LogP contribution is -2.42. The van der Waals surface area contributed by atoms with Gasteiger partial charge in [0, 0.05) is 24.7 Å². The zero-order valence-corrected chi connectivity index (χ0v) is 15.1. The summed E-state index contributed by atoms with van der Waals surface area (Å²) in [5.41, 5.74) is 2.29. The summed E-state index contributed by atoms with van der Waals surface area (Å²) in [7, 11) is 0. The topological polar surface area (TPSA) is 107 Å². The number of phenolic OH excluding ortho intramolecular Hbond substituents is 1. The van der Waals surface area contributed by atoms with Crippen LogP contribution in [0.2, 0.25) is 0 Å². The van der Waals surface area contributed by atoms with Gasteiger partial charge in [-0.25, -0.2) is 9.78 Å². The SMILES string of the molecule is O=C(c1ccccc1O)N1CCC[C@@H](n2c(=O)[nH]c3cnc4[nH]ccc4c32)C1. The molecule has 8 nitrogen and oxygen atoms in total. The molecule has 0 radical (unpaired) electrons. The van der Waals surface area contributed by atoms with Gasteiger partial charge in [0.05, 0.1) is 28.8 Å². The largest absolute Gasteiger partial charge is 0.507 e. The number of aromatic nitrogens is 4. The summed E-state index contributed by atoms with van der Waals surface area (Å²) in [6.07, 6.45) is 5.03. The molecule has 1 atom stereocenters. The summed E-state index contributed by atoms with van der Waals surface area (Å²) in [5, 5.41) is 10.9. The molecule has 0 unspecified atom stereocenters. The highest BCUT2D eigenvalue weighted by atomic mass is 16.3. The first-order valence-corrected chi connectivity index (χ1v) is 9.27. The number of para-hydroxylation sites is 1. The number of benzene rings is 1. The third kappa shape index (κ3) is 2.49. The Balaban J connectivity index is 1.55. The molecule has 1 aliphatic heterocycles. The maximum atomic E-state index is 12.9. The van der Waals surface area contributed by atoms with E-state index in [2.05, 4.69) is 15.0 Å². The number of aromatic hydroxyl groups is 1. The summed E-state index contributed by atoms with van der Waals surface area (Å²) < 4.78 is 1.75. The molecule has 0 aliphatic carbocycles. The van der Waals surface area contributed by atoms with E-state index < -0.39 is 0 Å². The fourth-order valence-corrected chi connectivity index (χ4v) is 4.15. The van der Waals surface area contributed by atoms with Crippen LogP contribution in [0.15, 0.2) is 47.5 Å². The number of phenols is 1. The van der Waals surface area contributed by atoms with Gasteiger partial charge in [-0.3, -0.25) is 9.36 Å². The van der Waals surface area contributed by atoms with Crippen LogP contribution in [0.3, 0.4) is 0 Å². The highest BCUT2D eigenvalue weighted by molar-refractivity contribution is 6.01. The number of carbonyl (C=O) groups excluding carboxylic acids is 1. The minimum Gasteiger partial charge on any atom is -0.507 e. The van der Waals surface area contributed by atoms with Crippen molar-refractivity contribution < 1.29 is 9.90 Å². The smallest absolute Gasteiger partial charge is 0.326 e. The molecule has 4 heterocycles. The van der Waals surface area contributed by atoms with Gasteiger partial charge < -0.3 is 20.0 Å². The lowest BCUT2D eigenvalue weighted by molar-refractivity contribution is 0.0677. The van der Waals surface area contributed by atoms with Crippen LogP contribution >= 0.6 is 0 Å². The van der Waals surface area contributed by atoms with E-state index in [-0.39, 0.29) is 29.0 Å². The number of hydrogen-bond acceptors (Lipinski definition) is 4. The predicted octanol–water partition coefficient (Wildman–Crippen LogP) is 2.39. The van der Waals surface area contributed by atoms with Crippen molar-refractivity contribution in [2.45, 2.75) is 18.9 Å². The fraction of sp³-hybridized carbons (Fsp3) is 0.250. The van der Waals surface area contributed by atoms with Gasteiger partial charge in [-0.05, 0) is 31.0 Å². The number of nitrogens with zero attached hydrogens (tertiary/aromatic N) is 3. The van der Waals surface area contributed by atoms with Crippen molar-refractivity contribution in [2.75, 3.05) is 13.1 Å². The maximum Gasteiger partial charge on any atom is 0.326 e. The van der Waals surface area contributed by atoms with Gasteiger partial charge in [0.25, 0.3) is 5.91 Å². The average Bonchev–Trinajstić information content (AvgIpc) is 3.31. The van der Waals surface area contributed by atoms with Crippen molar-refractivity contribution in [1.82, 2.24) is 24.4 Å². The zero-order valence-electron chi connectivity index (χ0n) is 15.1. The van der Waals surface area contributed by atoms with Crippen molar-refractivity contribution >= 4 is 28.0 Å². The Kier molecular flexibility index (Phi) is 3.71. The van der Waals surface area contributed by atoms with Crippen LogP contribution in [-0.2, 0) is 0 Å². The van der Waals surface area contributed by atoms with Gasteiger partial charge in [0.1, 0.15) is 11.4 Å². The molecule has 1 amide bonds. The second kappa shape index (κ2) is 6.26. The third-order valence-electron chi connectivity index (χ3n) is 5.44. The number of imidazole rings is 1. The van der Waals surface area contributed by atoms with Gasteiger partial charge in [-0.2, -0.15) is 0 Å². The third-order valence-corrected chi connectivity index (χ3v) is 5.44. The van der Waals surface area contributed by atoms with Gasteiger partial charge in [-0.1, -0.05) is 12.1 Å². The molecule has 3 aromatic heterocycles. The first-order valence-electron chi connectivity index (χ1n) is 9.27. The second-order valence-electron chi connectivity index (χ2n) is 7.12. The van der Waals surface area contributed by atoms with Gasteiger partial charge in [-0.15, -0.1) is 0 Å². The Labute approximate surface area is 159 Å². The minimum atomic E-state index is -0.218. The van der Waals surface area contributed by atoms with Gasteiger partial charge in [0.2, 0.25) is 0 Å². The lowest BCUT2D eigenvalue weighted by Gasteiger charge is -2.33. The van der Waals surface area contributed by atoms with E-state index in [9.17, 15) is 14.7 Å². The number of nitrogens with one attached hydrogen (secondary N) is 2. The minimum absolute atomic E-state index is 0.0287. The molecule has 1 aliphatic rings. The summed E-state index contributed by atoms with van der Waals surface area (Å²) in [6.45, 7) is 1.01. The van der Waals surface area contributed by atoms with Crippen molar-refractivity contribution in [1.29, 1.82) is 0 Å². The summed E-state index contributed by atoms with van der Waals surface area (Å²) in [6, 6.07) is 8.30. The number of fused-ring (bicyclic) bond motifs is 3. The van der Waals surface area contributed by atoms with Crippen LogP contribution in [0.25, 0.3) is 22.1 Å². The zero-order chi connectivity index (χ0) is 19.3. The number of likely N-dealkylation sites (tertiary alicyclic amines) is 1. The maximum absolute atomic E-state index is 12.9. The van der Waals surface area contributed by atoms with Gasteiger partial charge in [0.15, 0.2) is 0 Å². The number of H-pyrrole nitrogens is 2. The lowest BCUT2D eigenvalue weighted by atomic mass is 10.0. The molecule has 1 aromatic carbocycles. The molecule has 0 saturated carbocycles. The van der Waals surface area contributed by atoms with E-state index in [1.807, 2.05) is 6.07 Å². The van der Waals surface area contributed by atoms with Crippen LogP contribution in [0.1, 0.15) is 29.2 Å². The standard InChI is InChI=1S/C20H19N5O3/c26-16-6-2-1-5-13(16)19(27)24-9-3-4-12(11-24)25-17-14-7-8-21-18(14)22-10-15(17)23-20(25)28/h1-2,5-8,10,12,26H,3-4,9,11H2,(H,21,22)(H,23,28)/t12-/m1/s1. The molecule has 0 bridgehead atoms. The molecule has 142 valence electrons. The molecule has 3 N–H and O–H groups in total. The molecule has 1 fully saturated rings. The molecule has 4 aromatic rings. The number of amides is 1. The average molecular weight is 377 g/mol. The Hall–Kier alpha value is -3.55. The van der Waals surface area contributed by atoms with Crippen LogP contribution in [-0.4, -0.2) is 48.5 Å². The number of carbonyl (C=O) groups is 1. The summed E-state index contributed by atoms with van der Waals surface area (Å²) in [5.74, 6) is -0.247. The van der Waals surface area contributed by atoms with Crippen molar-refractivity contribution in [3.8, 4) is 5.75 Å². The van der Waals surface area contributed by atoms with Crippen LogP contribution in [0, 0.1) is 0 Å². The molecular weight excluding hydrogens is 358 g/mol. The Bertz CT molecular complexity index is 1250. The van der Waals surface area contributed by atoms with Crippen LogP contribution in [0.4, 0.5) is 0 Å². The molecule has 28 heavy (non-hydrogen) atoms. The molecule has 5 rings (SSSR count). The Morgan fingerprint density at radius 3 is 2.96 bits per heavy atom. The monoisotopic (exact) mass is 377 g/mol. The van der Waals surface area contributed by atoms with E-state index in [1.165, 1.54) is 6.07 Å². The number of aromatic amines is 2. The van der Waals surface area contributed by atoms with Crippen molar-refractivity contribution in [2.24, 2.45) is 0 Å². The quantitative estimate of drug-likeness (QED) is 0.498. The first-order chi connectivity index (χ1) is 13.6. The van der Waals surface area contributed by atoms with E-state index >= 15 is 0 Å². The molecular formula is C20H19N5O3.